The van der Waals surface area contributed by atoms with Crippen LogP contribution in [0.4, 0.5) is 0 Å². The van der Waals surface area contributed by atoms with Crippen molar-refractivity contribution in [2.45, 2.75) is 44.0 Å². The van der Waals surface area contributed by atoms with Crippen LogP contribution in [0.2, 0.25) is 5.02 Å². The highest BCUT2D eigenvalue weighted by molar-refractivity contribution is 7.91. The first-order valence-electron chi connectivity index (χ1n) is 6.92. The molecule has 1 aromatic carbocycles. The van der Waals surface area contributed by atoms with Crippen LogP contribution in [0.15, 0.2) is 18.2 Å². The zero-order valence-electron chi connectivity index (χ0n) is 11.8. The van der Waals surface area contributed by atoms with Gasteiger partial charge in [-0.25, -0.2) is 8.42 Å². The Kier molecular flexibility index (Phi) is 4.77. The standard InChI is InChI=1S/C15H21ClO3S/c1-10-8-12(16)6-7-14(10)15(17)11-4-3-5-13(9-11)20(2,18)19/h6-8,11,13,15,17H,3-5,9H2,1-2H3. The minimum absolute atomic E-state index is 0.00310. The molecule has 20 heavy (non-hydrogen) atoms. The maximum atomic E-state index is 11.7. The molecule has 1 saturated carbocycles. The molecule has 3 unspecified atom stereocenters. The molecule has 3 atom stereocenters. The lowest BCUT2D eigenvalue weighted by Gasteiger charge is -2.32. The molecule has 1 fully saturated rings. The van der Waals surface area contributed by atoms with E-state index in [2.05, 4.69) is 0 Å². The fourth-order valence-electron chi connectivity index (χ4n) is 3.08. The normalized spacial score (nSPS) is 25.4. The van der Waals surface area contributed by atoms with Gasteiger partial charge >= 0.3 is 0 Å². The Labute approximate surface area is 125 Å². The van der Waals surface area contributed by atoms with Crippen LogP contribution in [0.3, 0.4) is 0 Å². The molecule has 3 nitrogen and oxygen atoms in total. The van der Waals surface area contributed by atoms with Crippen molar-refractivity contribution in [3.05, 3.63) is 34.3 Å². The van der Waals surface area contributed by atoms with Crippen LogP contribution in [0, 0.1) is 12.8 Å². The highest BCUT2D eigenvalue weighted by Crippen LogP contribution is 2.38. The van der Waals surface area contributed by atoms with Gasteiger partial charge in [-0.1, -0.05) is 24.1 Å². The Morgan fingerprint density at radius 3 is 2.65 bits per heavy atom. The van der Waals surface area contributed by atoms with Gasteiger partial charge in [0.25, 0.3) is 0 Å². The number of benzene rings is 1. The van der Waals surface area contributed by atoms with E-state index in [1.54, 1.807) is 6.07 Å². The van der Waals surface area contributed by atoms with Gasteiger partial charge in [0.1, 0.15) is 9.84 Å². The van der Waals surface area contributed by atoms with Crippen molar-refractivity contribution >= 4 is 21.4 Å². The molecule has 0 amide bonds. The summed E-state index contributed by atoms with van der Waals surface area (Å²) in [6.07, 6.45) is 3.65. The van der Waals surface area contributed by atoms with Crippen LogP contribution in [-0.4, -0.2) is 25.0 Å². The van der Waals surface area contributed by atoms with E-state index < -0.39 is 15.9 Å². The lowest BCUT2D eigenvalue weighted by atomic mass is 9.81. The summed E-state index contributed by atoms with van der Waals surface area (Å²) < 4.78 is 23.4. The Bertz CT molecular complexity index is 583. The maximum Gasteiger partial charge on any atom is 0.150 e. The van der Waals surface area contributed by atoms with Crippen molar-refractivity contribution in [1.29, 1.82) is 0 Å². The van der Waals surface area contributed by atoms with Crippen LogP contribution >= 0.6 is 11.6 Å². The van der Waals surface area contributed by atoms with Gasteiger partial charge in [0.15, 0.2) is 0 Å². The first-order chi connectivity index (χ1) is 9.29. The van der Waals surface area contributed by atoms with Gasteiger partial charge < -0.3 is 5.11 Å². The monoisotopic (exact) mass is 316 g/mol. The lowest BCUT2D eigenvalue weighted by molar-refractivity contribution is 0.0852. The Morgan fingerprint density at radius 1 is 1.35 bits per heavy atom. The predicted molar refractivity (Wildman–Crippen MR) is 81.7 cm³/mol. The summed E-state index contributed by atoms with van der Waals surface area (Å²) in [7, 11) is -3.02. The zero-order chi connectivity index (χ0) is 14.9. The zero-order valence-corrected chi connectivity index (χ0v) is 13.4. The third-order valence-electron chi connectivity index (χ3n) is 4.27. The van der Waals surface area contributed by atoms with Crippen molar-refractivity contribution < 1.29 is 13.5 Å². The van der Waals surface area contributed by atoms with Gasteiger partial charge in [-0.3, -0.25) is 0 Å². The summed E-state index contributed by atoms with van der Waals surface area (Å²) in [6, 6.07) is 5.44. The highest BCUT2D eigenvalue weighted by atomic mass is 35.5. The summed E-state index contributed by atoms with van der Waals surface area (Å²) in [5.74, 6) is 0.00310. The van der Waals surface area contributed by atoms with E-state index in [1.165, 1.54) is 6.26 Å². The molecule has 0 aromatic heterocycles. The summed E-state index contributed by atoms with van der Waals surface area (Å²) in [6.45, 7) is 1.92. The number of hydrogen-bond donors (Lipinski definition) is 1. The first kappa shape index (κ1) is 15.8. The summed E-state index contributed by atoms with van der Waals surface area (Å²) in [5, 5.41) is 10.9. The Morgan fingerprint density at radius 2 is 2.05 bits per heavy atom. The highest BCUT2D eigenvalue weighted by Gasteiger charge is 2.33. The fraction of sp³-hybridized carbons (Fsp3) is 0.600. The van der Waals surface area contributed by atoms with E-state index in [0.29, 0.717) is 17.9 Å². The van der Waals surface area contributed by atoms with Crippen LogP contribution in [0.5, 0.6) is 0 Å². The fourth-order valence-corrected chi connectivity index (χ4v) is 4.50. The Hall–Kier alpha value is -0.580. The molecule has 1 N–H and O–H groups in total. The van der Waals surface area contributed by atoms with Gasteiger partial charge in [-0.05, 0) is 55.4 Å². The number of aliphatic hydroxyl groups is 1. The molecule has 0 bridgehead atoms. The summed E-state index contributed by atoms with van der Waals surface area (Å²) in [4.78, 5) is 0. The molecule has 0 saturated heterocycles. The molecule has 5 heteroatoms. The van der Waals surface area contributed by atoms with Crippen LogP contribution in [0.1, 0.15) is 42.9 Å². The van der Waals surface area contributed by atoms with E-state index in [9.17, 15) is 13.5 Å². The summed E-state index contributed by atoms with van der Waals surface area (Å²) in [5.41, 5.74) is 1.81. The van der Waals surface area contributed by atoms with Gasteiger partial charge in [0.05, 0.1) is 11.4 Å². The number of aliphatic hydroxyl groups excluding tert-OH is 1. The van der Waals surface area contributed by atoms with Crippen LogP contribution < -0.4 is 0 Å². The molecule has 1 aromatic rings. The summed E-state index contributed by atoms with van der Waals surface area (Å²) >= 11 is 5.93. The molecule has 0 aliphatic heterocycles. The van der Waals surface area contributed by atoms with E-state index in [4.69, 9.17) is 11.6 Å². The molecular formula is C15H21ClO3S. The molecule has 112 valence electrons. The van der Waals surface area contributed by atoms with E-state index in [1.807, 2.05) is 19.1 Å². The van der Waals surface area contributed by atoms with Crippen molar-refractivity contribution in [3.63, 3.8) is 0 Å². The maximum absolute atomic E-state index is 11.7. The largest absolute Gasteiger partial charge is 0.388 e. The van der Waals surface area contributed by atoms with E-state index in [0.717, 1.165) is 24.0 Å². The molecule has 0 heterocycles. The molecule has 2 rings (SSSR count). The molecule has 0 radical (unpaired) electrons. The number of hydrogen-bond acceptors (Lipinski definition) is 3. The topological polar surface area (TPSA) is 54.4 Å². The number of rotatable bonds is 3. The third kappa shape index (κ3) is 3.54. The predicted octanol–water partition coefficient (Wildman–Crippen LogP) is 3.29. The third-order valence-corrected chi connectivity index (χ3v) is 6.14. The van der Waals surface area contributed by atoms with Crippen molar-refractivity contribution in [2.75, 3.05) is 6.26 Å². The second-order valence-corrected chi connectivity index (χ2v) is 8.59. The van der Waals surface area contributed by atoms with Crippen molar-refractivity contribution in [1.82, 2.24) is 0 Å². The van der Waals surface area contributed by atoms with E-state index >= 15 is 0 Å². The average molecular weight is 317 g/mol. The second kappa shape index (κ2) is 6.04. The first-order valence-corrected chi connectivity index (χ1v) is 9.25. The average Bonchev–Trinajstić information content (AvgIpc) is 2.37. The second-order valence-electron chi connectivity index (χ2n) is 5.82. The SMILES string of the molecule is Cc1cc(Cl)ccc1C(O)C1CCCC(S(C)(=O)=O)C1. The van der Waals surface area contributed by atoms with Crippen LogP contribution in [-0.2, 0) is 9.84 Å². The Balaban J connectivity index is 2.18. The van der Waals surface area contributed by atoms with Gasteiger partial charge in [0, 0.05) is 11.3 Å². The minimum atomic E-state index is -3.02. The van der Waals surface area contributed by atoms with Crippen molar-refractivity contribution in [3.8, 4) is 0 Å². The van der Waals surface area contributed by atoms with E-state index in [-0.39, 0.29) is 11.2 Å². The van der Waals surface area contributed by atoms with Crippen LogP contribution in [0.25, 0.3) is 0 Å². The molecule has 1 aliphatic rings. The number of sulfone groups is 1. The molecular weight excluding hydrogens is 296 g/mol. The van der Waals surface area contributed by atoms with Gasteiger partial charge in [0.2, 0.25) is 0 Å². The lowest BCUT2D eigenvalue weighted by Crippen LogP contribution is -2.30. The minimum Gasteiger partial charge on any atom is -0.388 e. The number of aryl methyl sites for hydroxylation is 1. The van der Waals surface area contributed by atoms with Gasteiger partial charge in [-0.2, -0.15) is 0 Å². The number of halogens is 1. The molecule has 0 spiro atoms. The van der Waals surface area contributed by atoms with Crippen molar-refractivity contribution in [2.24, 2.45) is 5.92 Å². The smallest absolute Gasteiger partial charge is 0.150 e. The van der Waals surface area contributed by atoms with Gasteiger partial charge in [-0.15, -0.1) is 0 Å². The molecule has 1 aliphatic carbocycles. The quantitative estimate of drug-likeness (QED) is 0.931.